The average molecular weight is 319 g/mol. The molecule has 1 saturated carbocycles. The van der Waals surface area contributed by atoms with E-state index in [0.29, 0.717) is 11.5 Å². The smallest absolute Gasteiger partial charge is 0.242 e. The van der Waals surface area contributed by atoms with Gasteiger partial charge in [0.25, 0.3) is 0 Å². The number of nitrogens with two attached hydrogens (primary N) is 1. The highest BCUT2D eigenvalue weighted by Crippen LogP contribution is 2.29. The monoisotopic (exact) mass is 318 g/mol. The number of hydrogen-bond acceptors (Lipinski definition) is 3. The van der Waals surface area contributed by atoms with Gasteiger partial charge in [0.05, 0.1) is 5.02 Å². The molecule has 7 heteroatoms. The molecule has 104 valence electrons. The lowest BCUT2D eigenvalue weighted by molar-refractivity contribution is 0.270. The molecule has 0 heterocycles. The third kappa shape index (κ3) is 3.25. The molecular formula is C12H15ClN2O2S2. The van der Waals surface area contributed by atoms with Crippen LogP contribution in [-0.2, 0) is 10.0 Å². The Morgan fingerprint density at radius 2 is 2.11 bits per heavy atom. The van der Waals surface area contributed by atoms with Gasteiger partial charge in [0.2, 0.25) is 10.0 Å². The highest BCUT2D eigenvalue weighted by molar-refractivity contribution is 7.89. The van der Waals surface area contributed by atoms with Crippen LogP contribution in [0.3, 0.4) is 0 Å². The first-order valence-electron chi connectivity index (χ1n) is 5.91. The second-order valence-electron chi connectivity index (χ2n) is 4.90. The Labute approximate surface area is 123 Å². The van der Waals surface area contributed by atoms with Crippen LogP contribution < -0.4 is 10.5 Å². The fraction of sp³-hybridized carbons (Fsp3) is 0.417. The molecule has 1 aliphatic carbocycles. The lowest BCUT2D eigenvalue weighted by atomic mass is 9.83. The molecule has 1 aliphatic rings. The van der Waals surface area contributed by atoms with Crippen molar-refractivity contribution < 1.29 is 8.42 Å². The van der Waals surface area contributed by atoms with E-state index in [2.05, 4.69) is 11.6 Å². The van der Waals surface area contributed by atoms with Crippen LogP contribution >= 0.6 is 23.8 Å². The number of sulfonamides is 1. The summed E-state index contributed by atoms with van der Waals surface area (Å²) in [4.78, 5) is 0.250. The van der Waals surface area contributed by atoms with Gasteiger partial charge in [-0.25, -0.2) is 13.1 Å². The largest absolute Gasteiger partial charge is 0.389 e. The summed E-state index contributed by atoms with van der Waals surface area (Å²) in [5.74, 6) is 0.570. The van der Waals surface area contributed by atoms with E-state index in [-0.39, 0.29) is 20.9 Å². The topological polar surface area (TPSA) is 72.2 Å². The van der Waals surface area contributed by atoms with Crippen molar-refractivity contribution in [2.24, 2.45) is 11.7 Å². The Morgan fingerprint density at radius 1 is 1.47 bits per heavy atom. The zero-order chi connectivity index (χ0) is 14.2. The maximum absolute atomic E-state index is 12.2. The molecule has 2 rings (SSSR count). The Hall–Kier alpha value is -0.690. The number of benzene rings is 1. The highest BCUT2D eigenvalue weighted by atomic mass is 35.5. The Morgan fingerprint density at radius 3 is 2.58 bits per heavy atom. The van der Waals surface area contributed by atoms with E-state index in [1.54, 1.807) is 6.07 Å². The van der Waals surface area contributed by atoms with Crippen molar-refractivity contribution in [1.82, 2.24) is 4.72 Å². The maximum Gasteiger partial charge on any atom is 0.242 e. The summed E-state index contributed by atoms with van der Waals surface area (Å²) in [6.45, 7) is 2.09. The molecule has 0 bridgehead atoms. The van der Waals surface area contributed by atoms with E-state index in [9.17, 15) is 8.42 Å². The van der Waals surface area contributed by atoms with E-state index in [1.807, 2.05) is 0 Å². The van der Waals surface area contributed by atoms with Gasteiger partial charge in [-0.1, -0.05) is 36.8 Å². The molecule has 1 fully saturated rings. The molecule has 0 aromatic heterocycles. The summed E-state index contributed by atoms with van der Waals surface area (Å²) in [5.41, 5.74) is 6.03. The van der Waals surface area contributed by atoms with E-state index in [0.717, 1.165) is 12.8 Å². The number of halogens is 1. The molecule has 0 amide bonds. The van der Waals surface area contributed by atoms with Crippen LogP contribution in [0.15, 0.2) is 23.1 Å². The third-order valence-corrected chi connectivity index (χ3v) is 5.44. The summed E-state index contributed by atoms with van der Waals surface area (Å²) in [7, 11) is -3.58. The van der Waals surface area contributed by atoms with Gasteiger partial charge in [-0.3, -0.25) is 0 Å². The zero-order valence-corrected chi connectivity index (χ0v) is 12.8. The van der Waals surface area contributed by atoms with Crippen molar-refractivity contribution >= 4 is 38.8 Å². The Bertz CT molecular complexity index is 610. The molecule has 0 unspecified atom stereocenters. The van der Waals surface area contributed by atoms with Crippen LogP contribution in [0.2, 0.25) is 5.02 Å². The Kier molecular flexibility index (Phi) is 4.15. The lowest BCUT2D eigenvalue weighted by Crippen LogP contribution is -2.43. The van der Waals surface area contributed by atoms with Crippen LogP contribution in [0.1, 0.15) is 25.3 Å². The minimum Gasteiger partial charge on any atom is -0.389 e. The minimum absolute atomic E-state index is 0.00586. The van der Waals surface area contributed by atoms with Crippen molar-refractivity contribution in [2.45, 2.75) is 30.7 Å². The molecule has 0 spiro atoms. The molecule has 1 aromatic rings. The maximum atomic E-state index is 12.2. The molecule has 1 aromatic carbocycles. The lowest BCUT2D eigenvalue weighted by Gasteiger charge is -2.33. The van der Waals surface area contributed by atoms with Crippen LogP contribution in [-0.4, -0.2) is 19.4 Å². The predicted octanol–water partition coefficient (Wildman–Crippen LogP) is 2.05. The van der Waals surface area contributed by atoms with Crippen molar-refractivity contribution in [3.8, 4) is 0 Å². The van der Waals surface area contributed by atoms with Crippen LogP contribution in [0.5, 0.6) is 0 Å². The fourth-order valence-corrected chi connectivity index (χ4v) is 4.09. The highest BCUT2D eigenvalue weighted by Gasteiger charge is 2.30. The number of nitrogens with one attached hydrogen (secondary N) is 1. The van der Waals surface area contributed by atoms with Gasteiger partial charge >= 0.3 is 0 Å². The quantitative estimate of drug-likeness (QED) is 0.833. The molecule has 4 nitrogen and oxygen atoms in total. The first kappa shape index (κ1) is 14.7. The van der Waals surface area contributed by atoms with E-state index in [1.165, 1.54) is 12.1 Å². The molecule has 0 aliphatic heterocycles. The number of hydrogen-bond donors (Lipinski definition) is 2. The molecule has 0 saturated heterocycles. The first-order chi connectivity index (χ1) is 8.79. The van der Waals surface area contributed by atoms with Crippen molar-refractivity contribution in [3.05, 3.63) is 28.8 Å². The molecule has 3 N–H and O–H groups in total. The summed E-state index contributed by atoms with van der Waals surface area (Å²) >= 11 is 10.8. The van der Waals surface area contributed by atoms with Crippen LogP contribution in [0.25, 0.3) is 0 Å². The summed E-state index contributed by atoms with van der Waals surface area (Å²) in [6.07, 6.45) is 1.73. The predicted molar refractivity (Wildman–Crippen MR) is 79.8 cm³/mol. The van der Waals surface area contributed by atoms with Crippen molar-refractivity contribution in [2.75, 3.05) is 0 Å². The summed E-state index contributed by atoms with van der Waals surface area (Å²) < 4.78 is 27.0. The first-order valence-corrected chi connectivity index (χ1v) is 8.18. The van der Waals surface area contributed by atoms with Gasteiger partial charge in [0.1, 0.15) is 9.88 Å². The van der Waals surface area contributed by atoms with Gasteiger partial charge in [-0.05, 0) is 30.9 Å². The second kappa shape index (κ2) is 5.36. The summed E-state index contributed by atoms with van der Waals surface area (Å²) in [5, 5.41) is 0.130. The third-order valence-electron chi connectivity index (χ3n) is 3.20. The summed E-state index contributed by atoms with van der Waals surface area (Å²) in [6, 6.07) is 4.47. The van der Waals surface area contributed by atoms with Gasteiger partial charge in [0, 0.05) is 11.6 Å². The molecular weight excluding hydrogens is 304 g/mol. The van der Waals surface area contributed by atoms with Gasteiger partial charge < -0.3 is 5.73 Å². The normalized spacial score (nSPS) is 22.8. The van der Waals surface area contributed by atoms with Crippen molar-refractivity contribution in [1.29, 1.82) is 0 Å². The molecule has 0 atom stereocenters. The number of thiocarbonyl (C=S) groups is 1. The number of rotatable bonds is 4. The van der Waals surface area contributed by atoms with E-state index >= 15 is 0 Å². The van der Waals surface area contributed by atoms with Gasteiger partial charge in [0.15, 0.2) is 0 Å². The SMILES string of the molecule is CC1CC(NS(=O)(=O)c2ccc(C(N)=S)cc2Cl)C1. The standard InChI is InChI=1S/C12H15ClN2O2S2/c1-7-4-9(5-7)15-19(16,17)11-3-2-8(12(14)18)6-10(11)13/h2-3,6-7,9,15H,4-5H2,1H3,(H2,14,18). The average Bonchev–Trinajstić information content (AvgIpc) is 2.26. The van der Waals surface area contributed by atoms with Crippen LogP contribution in [0, 0.1) is 5.92 Å². The van der Waals surface area contributed by atoms with E-state index < -0.39 is 10.0 Å². The zero-order valence-electron chi connectivity index (χ0n) is 10.4. The van der Waals surface area contributed by atoms with Gasteiger partial charge in [-0.15, -0.1) is 0 Å². The van der Waals surface area contributed by atoms with Gasteiger partial charge in [-0.2, -0.15) is 0 Å². The molecule has 19 heavy (non-hydrogen) atoms. The Balaban J connectivity index is 2.23. The minimum atomic E-state index is -3.58. The van der Waals surface area contributed by atoms with E-state index in [4.69, 9.17) is 29.6 Å². The fourth-order valence-electron chi connectivity index (χ4n) is 2.15. The van der Waals surface area contributed by atoms with Crippen LogP contribution in [0.4, 0.5) is 0 Å². The molecule has 0 radical (unpaired) electrons. The second-order valence-corrected chi connectivity index (χ2v) is 7.43. The van der Waals surface area contributed by atoms with Crippen molar-refractivity contribution in [3.63, 3.8) is 0 Å².